The van der Waals surface area contributed by atoms with Gasteiger partial charge in [0.15, 0.2) is 0 Å². The van der Waals surface area contributed by atoms with Crippen LogP contribution in [-0.2, 0) is 32.7 Å². The number of aliphatic hydroxyl groups excluding tert-OH is 3. The normalized spacial score (nSPS) is 11.9. The van der Waals surface area contributed by atoms with Crippen LogP contribution in [0.5, 0.6) is 0 Å². The fourth-order valence-electron chi connectivity index (χ4n) is 9.00. The van der Waals surface area contributed by atoms with E-state index in [1.165, 1.54) is 36.7 Å². The van der Waals surface area contributed by atoms with E-state index in [1.807, 2.05) is 123 Å². The van der Waals surface area contributed by atoms with E-state index in [0.717, 1.165) is 100 Å². The topological polar surface area (TPSA) is 262 Å². The van der Waals surface area contributed by atoms with Gasteiger partial charge in [-0.2, -0.15) is 30.6 Å². The molecule has 23 heteroatoms. The van der Waals surface area contributed by atoms with Crippen LogP contribution in [0.25, 0.3) is 69.2 Å². The molecule has 0 amide bonds. The summed E-state index contributed by atoms with van der Waals surface area (Å²) in [6.45, 7) is 4.54. The van der Waals surface area contributed by atoms with Crippen molar-refractivity contribution in [3.63, 3.8) is 0 Å². The van der Waals surface area contributed by atoms with Crippen molar-refractivity contribution >= 4 is 86.2 Å². The molecule has 9 N–H and O–H groups in total. The second-order valence-corrected chi connectivity index (χ2v) is 19.5. The first kappa shape index (κ1) is 57.7. The van der Waals surface area contributed by atoms with Gasteiger partial charge >= 0.3 is 0 Å². The smallest absolute Gasteiger partial charge is 0.141 e. The molecule has 0 aliphatic heterocycles. The molecule has 0 fully saturated rings. The largest absolute Gasteiger partial charge is 0.394 e. The Bertz CT molecular complexity index is 4050. The van der Waals surface area contributed by atoms with E-state index in [9.17, 15) is 13.2 Å². The van der Waals surface area contributed by atoms with Crippen molar-refractivity contribution in [2.24, 2.45) is 0 Å². The molecule has 0 saturated carbocycles. The number of benzene rings is 4. The molecule has 0 radical (unpaired) electrons. The van der Waals surface area contributed by atoms with Crippen molar-refractivity contribution in [2.75, 3.05) is 35.8 Å². The van der Waals surface area contributed by atoms with E-state index in [-0.39, 0.29) is 43.3 Å². The van der Waals surface area contributed by atoms with Crippen LogP contribution in [0.2, 0.25) is 0 Å². The number of rotatable bonds is 21. The third-order valence-electron chi connectivity index (χ3n) is 13.3. The van der Waals surface area contributed by atoms with Crippen LogP contribution in [-0.4, -0.2) is 105 Å². The van der Waals surface area contributed by atoms with Crippen molar-refractivity contribution < 1.29 is 28.5 Å². The van der Waals surface area contributed by atoms with Crippen molar-refractivity contribution in [3.05, 3.63) is 221 Å². The third kappa shape index (κ3) is 15.7. The SMILES string of the molecule is C[C@@H](Nc1ccc2[nH]nc(/C=C/c3cnn(CCO)c3)c2c1)c1cncc(F)c1.OCCn1cc(/C=C/c2n[nH]c3ccc(NCc4cccc(F)c4)cc23)cn1.OCCn1cc(/C=C/c2n[nH]c3ccc(NCc4cncc(F)c4)cc23)cn1. The summed E-state index contributed by atoms with van der Waals surface area (Å²) < 4.78 is 45.1. The van der Waals surface area contributed by atoms with E-state index < -0.39 is 0 Å². The minimum atomic E-state index is -0.351. The van der Waals surface area contributed by atoms with Crippen LogP contribution in [0.3, 0.4) is 0 Å². The summed E-state index contributed by atoms with van der Waals surface area (Å²) in [7, 11) is 0. The maximum Gasteiger partial charge on any atom is 0.141 e. The molecule has 4 aromatic carbocycles. The lowest BCUT2D eigenvalue weighted by Gasteiger charge is -2.15. The van der Waals surface area contributed by atoms with Crippen LogP contribution in [0.15, 0.2) is 153 Å². The lowest BCUT2D eigenvalue weighted by atomic mass is 10.1. The Balaban J connectivity index is 0.000000142. The second-order valence-electron chi connectivity index (χ2n) is 19.5. The zero-order valence-corrected chi connectivity index (χ0v) is 46.0. The molecule has 85 heavy (non-hydrogen) atoms. The van der Waals surface area contributed by atoms with E-state index in [2.05, 4.69) is 71.8 Å². The van der Waals surface area contributed by atoms with Gasteiger partial charge in [-0.3, -0.25) is 39.3 Å². The number of halogens is 3. The van der Waals surface area contributed by atoms with Gasteiger partial charge in [0, 0.05) is 94.0 Å². The number of nitrogens with one attached hydrogen (secondary N) is 6. The lowest BCUT2D eigenvalue weighted by Crippen LogP contribution is -2.07. The molecule has 8 heterocycles. The van der Waals surface area contributed by atoms with Crippen LogP contribution in [0.1, 0.15) is 63.4 Å². The Morgan fingerprint density at radius 3 is 1.36 bits per heavy atom. The highest BCUT2D eigenvalue weighted by Crippen LogP contribution is 2.27. The third-order valence-corrected chi connectivity index (χ3v) is 13.3. The standard InChI is InChI=1S/C21H21FN6O.C21H20FN5O.C20H19FN6O/c1-14(16-8-17(22)12-23-11-16)25-18-3-5-21-19(9-18)20(26-27-21)4-2-15-10-24-28(13-15)6-7-29;22-17-3-1-2-15(10-17)12-23-18-5-7-21-19(11-18)20(25-26-21)6-4-16-13-24-27(14-16)8-9-28;21-16-7-15(9-22-12-16)10-23-17-2-4-20-18(8-17)19(25-26-20)3-1-14-11-24-27(13-14)5-6-28/h2-5,8-14,25,29H,6-7H2,1H3,(H,26,27);1-7,10-11,13-14,23,28H,8-9,12H2,(H,25,26);1-4,7-9,11-13,23,28H,5-6,10H2,(H,25,26)/b4-2+;6-4+;3-1+/t14-;;/m1../s1. The summed E-state index contributed by atoms with van der Waals surface area (Å²) in [5.74, 6) is -0.935. The minimum Gasteiger partial charge on any atom is -0.394 e. The maximum absolute atomic E-state index is 13.4. The highest BCUT2D eigenvalue weighted by atomic mass is 19.1. The van der Waals surface area contributed by atoms with Crippen molar-refractivity contribution in [1.82, 2.24) is 69.9 Å². The lowest BCUT2D eigenvalue weighted by molar-refractivity contribution is 0.269. The molecule has 0 bridgehead atoms. The van der Waals surface area contributed by atoms with E-state index >= 15 is 0 Å². The van der Waals surface area contributed by atoms with Gasteiger partial charge in [0.25, 0.3) is 0 Å². The predicted octanol–water partition coefficient (Wildman–Crippen LogP) is 10.4. The molecule has 8 aromatic heterocycles. The molecule has 12 aromatic rings. The molecule has 0 unspecified atom stereocenters. The van der Waals surface area contributed by atoms with Crippen molar-refractivity contribution in [1.29, 1.82) is 0 Å². The molecule has 0 saturated heterocycles. The van der Waals surface area contributed by atoms with Gasteiger partial charge in [0.1, 0.15) is 17.5 Å². The zero-order valence-electron chi connectivity index (χ0n) is 46.0. The molecule has 0 spiro atoms. The summed E-state index contributed by atoms with van der Waals surface area (Å²) >= 11 is 0. The average Bonchev–Trinajstić information content (AvgIpc) is 4.59. The number of nitrogens with zero attached hydrogens (tertiary/aromatic N) is 11. The number of fused-ring (bicyclic) bond motifs is 3. The Morgan fingerprint density at radius 1 is 0.471 bits per heavy atom. The van der Waals surface area contributed by atoms with Crippen molar-refractivity contribution in [2.45, 2.75) is 45.7 Å². The molecular weight excluding hydrogens is 1090 g/mol. The second kappa shape index (κ2) is 28.0. The Kier molecular flexibility index (Phi) is 19.0. The quantitative estimate of drug-likeness (QED) is 0.0324. The van der Waals surface area contributed by atoms with Gasteiger partial charge in [0.2, 0.25) is 0 Å². The van der Waals surface area contributed by atoms with Crippen LogP contribution < -0.4 is 16.0 Å². The van der Waals surface area contributed by atoms with Gasteiger partial charge in [-0.1, -0.05) is 12.1 Å². The summed E-state index contributed by atoms with van der Waals surface area (Å²) in [5.41, 5.74) is 13.2. The molecular formula is C62H60F3N17O3. The molecule has 0 aliphatic rings. The van der Waals surface area contributed by atoms with Crippen LogP contribution >= 0.6 is 0 Å². The number of aliphatic hydroxyl groups is 3. The Morgan fingerprint density at radius 2 is 0.906 bits per heavy atom. The Hall–Kier alpha value is -10.5. The van der Waals surface area contributed by atoms with Gasteiger partial charge in [-0.25, -0.2) is 13.2 Å². The molecule has 12 rings (SSSR count). The number of aromatic amines is 3. The first-order valence-electron chi connectivity index (χ1n) is 27.1. The average molecular weight is 1150 g/mol. The summed E-state index contributed by atoms with van der Waals surface area (Å²) in [4.78, 5) is 7.77. The summed E-state index contributed by atoms with van der Waals surface area (Å²) in [6, 6.07) is 27.2. The monoisotopic (exact) mass is 1150 g/mol. The summed E-state index contributed by atoms with van der Waals surface area (Å²) in [5, 5.41) is 74.5. The van der Waals surface area contributed by atoms with Gasteiger partial charge in [-0.15, -0.1) is 0 Å². The van der Waals surface area contributed by atoms with E-state index in [1.54, 1.807) is 51.1 Å². The van der Waals surface area contributed by atoms with Gasteiger partial charge < -0.3 is 31.3 Å². The first-order valence-corrected chi connectivity index (χ1v) is 27.1. The van der Waals surface area contributed by atoms with Crippen molar-refractivity contribution in [3.8, 4) is 0 Å². The molecule has 1 atom stereocenters. The molecule has 432 valence electrons. The number of hydrogen-bond donors (Lipinski definition) is 9. The van der Waals surface area contributed by atoms with Crippen LogP contribution in [0.4, 0.5) is 30.2 Å². The van der Waals surface area contributed by atoms with E-state index in [4.69, 9.17) is 15.3 Å². The fraction of sp³-hybridized carbons (Fsp3) is 0.161. The maximum atomic E-state index is 13.4. The first-order chi connectivity index (χ1) is 41.5. The summed E-state index contributed by atoms with van der Waals surface area (Å²) in [6.07, 6.45) is 28.0. The fourth-order valence-corrected chi connectivity index (χ4v) is 9.00. The molecule has 20 nitrogen and oxygen atoms in total. The zero-order chi connectivity index (χ0) is 58.9. The highest BCUT2D eigenvalue weighted by molar-refractivity contribution is 5.93. The number of hydrogen-bond acceptors (Lipinski definition) is 14. The van der Waals surface area contributed by atoms with E-state index in [0.29, 0.717) is 32.7 Å². The molecule has 0 aliphatic carbocycles. The van der Waals surface area contributed by atoms with Gasteiger partial charge in [-0.05, 0) is 139 Å². The van der Waals surface area contributed by atoms with Crippen LogP contribution in [0, 0.1) is 17.5 Å². The number of aromatic nitrogens is 14. The number of H-pyrrole nitrogens is 3. The number of anilines is 3. The Labute approximate surface area is 485 Å². The number of pyridine rings is 2. The highest BCUT2D eigenvalue weighted by Gasteiger charge is 2.12. The minimum absolute atomic E-state index is 0.0503. The predicted molar refractivity (Wildman–Crippen MR) is 324 cm³/mol. The van der Waals surface area contributed by atoms with Gasteiger partial charge in [0.05, 0.1) is 110 Å².